The van der Waals surface area contributed by atoms with Crippen LogP contribution >= 0.6 is 0 Å². The van der Waals surface area contributed by atoms with Gasteiger partial charge in [-0.15, -0.1) is 0 Å². The van der Waals surface area contributed by atoms with Gasteiger partial charge in [0, 0.05) is 31.3 Å². The minimum atomic E-state index is -0.652. The Balaban J connectivity index is 1.63. The third-order valence-corrected chi connectivity index (χ3v) is 4.55. The molecule has 0 radical (unpaired) electrons. The van der Waals surface area contributed by atoms with Gasteiger partial charge in [-0.25, -0.2) is 13.6 Å². The van der Waals surface area contributed by atoms with Gasteiger partial charge in [-0.1, -0.05) is 0 Å². The summed E-state index contributed by atoms with van der Waals surface area (Å²) in [5.74, 6) is -1.21. The molecule has 0 aliphatic carbocycles. The normalized spacial score (nSPS) is 21.5. The maximum atomic E-state index is 14.3. The van der Waals surface area contributed by atoms with Crippen LogP contribution in [0.3, 0.4) is 0 Å². The van der Waals surface area contributed by atoms with Crippen LogP contribution in [0.5, 0.6) is 0 Å². The average molecular weight is 354 g/mol. The summed E-state index contributed by atoms with van der Waals surface area (Å²) < 4.78 is 33.9. The highest BCUT2D eigenvalue weighted by Crippen LogP contribution is 2.27. The quantitative estimate of drug-likeness (QED) is 0.778. The number of urea groups is 1. The van der Waals surface area contributed by atoms with Crippen molar-refractivity contribution >= 4 is 17.4 Å². The first kappa shape index (κ1) is 17.9. The van der Waals surface area contributed by atoms with E-state index in [0.29, 0.717) is 26.3 Å². The molecule has 0 aromatic heterocycles. The van der Waals surface area contributed by atoms with Crippen molar-refractivity contribution in [2.45, 2.75) is 25.3 Å². The van der Waals surface area contributed by atoms with Crippen LogP contribution < -0.4 is 20.9 Å². The first-order valence-electron chi connectivity index (χ1n) is 8.73. The molecule has 1 unspecified atom stereocenters. The molecule has 2 saturated heterocycles. The van der Waals surface area contributed by atoms with E-state index in [2.05, 4.69) is 16.0 Å². The van der Waals surface area contributed by atoms with Gasteiger partial charge in [-0.2, -0.15) is 0 Å². The SMILES string of the molecule is O=C(Nc1cc(F)c(N2CCOCC2)cc1F)NC1CCCNCC1. The van der Waals surface area contributed by atoms with Crippen molar-refractivity contribution in [3.05, 3.63) is 23.8 Å². The number of nitrogens with one attached hydrogen (secondary N) is 3. The van der Waals surface area contributed by atoms with Gasteiger partial charge in [0.1, 0.15) is 11.6 Å². The number of nitrogens with zero attached hydrogens (tertiary/aromatic N) is 1. The van der Waals surface area contributed by atoms with Gasteiger partial charge in [-0.05, 0) is 32.4 Å². The zero-order valence-electron chi connectivity index (χ0n) is 14.1. The fourth-order valence-electron chi connectivity index (χ4n) is 3.19. The Hall–Kier alpha value is -1.93. The monoisotopic (exact) mass is 354 g/mol. The van der Waals surface area contributed by atoms with E-state index in [-0.39, 0.29) is 17.4 Å². The molecule has 2 fully saturated rings. The Morgan fingerprint density at radius 2 is 1.96 bits per heavy atom. The largest absolute Gasteiger partial charge is 0.378 e. The molecule has 25 heavy (non-hydrogen) atoms. The number of carbonyl (C=O) groups is 1. The van der Waals surface area contributed by atoms with E-state index in [9.17, 15) is 13.6 Å². The molecule has 0 spiro atoms. The summed E-state index contributed by atoms with van der Waals surface area (Å²) in [6.07, 6.45) is 2.66. The molecule has 0 saturated carbocycles. The van der Waals surface area contributed by atoms with E-state index < -0.39 is 17.7 Å². The number of carbonyl (C=O) groups excluding carboxylic acids is 1. The lowest BCUT2D eigenvalue weighted by Crippen LogP contribution is -2.39. The molecule has 3 N–H and O–H groups in total. The van der Waals surface area contributed by atoms with Crippen molar-refractivity contribution in [3.8, 4) is 0 Å². The van der Waals surface area contributed by atoms with Gasteiger partial charge >= 0.3 is 6.03 Å². The van der Waals surface area contributed by atoms with Crippen LogP contribution in [0.25, 0.3) is 0 Å². The van der Waals surface area contributed by atoms with Crippen molar-refractivity contribution in [2.75, 3.05) is 49.6 Å². The van der Waals surface area contributed by atoms with Gasteiger partial charge in [0.2, 0.25) is 0 Å². The van der Waals surface area contributed by atoms with Crippen molar-refractivity contribution in [1.29, 1.82) is 0 Å². The van der Waals surface area contributed by atoms with Crippen molar-refractivity contribution in [3.63, 3.8) is 0 Å². The summed E-state index contributed by atoms with van der Waals surface area (Å²) in [6.45, 7) is 3.77. The van der Waals surface area contributed by atoms with Crippen LogP contribution in [0.2, 0.25) is 0 Å². The lowest BCUT2D eigenvalue weighted by atomic mass is 10.1. The first-order valence-corrected chi connectivity index (χ1v) is 8.73. The van der Waals surface area contributed by atoms with E-state index in [0.717, 1.165) is 44.5 Å². The summed E-state index contributed by atoms with van der Waals surface area (Å²) in [5, 5.41) is 8.51. The van der Waals surface area contributed by atoms with Crippen LogP contribution in [0.4, 0.5) is 25.0 Å². The van der Waals surface area contributed by atoms with E-state index in [1.807, 2.05) is 0 Å². The first-order chi connectivity index (χ1) is 12.1. The van der Waals surface area contributed by atoms with E-state index in [1.54, 1.807) is 4.90 Å². The molecular formula is C17H24F2N4O2. The minimum Gasteiger partial charge on any atom is -0.378 e. The van der Waals surface area contributed by atoms with Crippen molar-refractivity contribution in [2.24, 2.45) is 0 Å². The van der Waals surface area contributed by atoms with Crippen molar-refractivity contribution in [1.82, 2.24) is 10.6 Å². The molecule has 1 aromatic rings. The van der Waals surface area contributed by atoms with Gasteiger partial charge in [0.15, 0.2) is 0 Å². The second kappa shape index (κ2) is 8.44. The smallest absolute Gasteiger partial charge is 0.319 e. The maximum absolute atomic E-state index is 14.3. The maximum Gasteiger partial charge on any atom is 0.319 e. The molecule has 1 aromatic carbocycles. The molecule has 0 bridgehead atoms. The van der Waals surface area contributed by atoms with Gasteiger partial charge in [0.25, 0.3) is 0 Å². The van der Waals surface area contributed by atoms with E-state index in [4.69, 9.17) is 4.74 Å². The van der Waals surface area contributed by atoms with Crippen molar-refractivity contribution < 1.29 is 18.3 Å². The number of hydrogen-bond acceptors (Lipinski definition) is 4. The van der Waals surface area contributed by atoms with Crippen LogP contribution in [0.1, 0.15) is 19.3 Å². The van der Waals surface area contributed by atoms with Crippen LogP contribution in [-0.2, 0) is 4.74 Å². The number of rotatable bonds is 3. The number of morpholine rings is 1. The van der Waals surface area contributed by atoms with Gasteiger partial charge in [-0.3, -0.25) is 0 Å². The highest BCUT2D eigenvalue weighted by Gasteiger charge is 2.20. The fourth-order valence-corrected chi connectivity index (χ4v) is 3.19. The van der Waals surface area contributed by atoms with Gasteiger partial charge in [0.05, 0.1) is 24.6 Å². The Labute approximate surface area is 145 Å². The molecule has 8 heteroatoms. The highest BCUT2D eigenvalue weighted by molar-refractivity contribution is 5.89. The zero-order chi connectivity index (χ0) is 17.6. The number of anilines is 2. The number of amides is 2. The summed E-state index contributed by atoms with van der Waals surface area (Å²) in [6, 6.07) is 1.69. The molecule has 6 nitrogen and oxygen atoms in total. The van der Waals surface area contributed by atoms with Crippen LogP contribution in [0, 0.1) is 11.6 Å². The second-order valence-corrected chi connectivity index (χ2v) is 6.36. The summed E-state index contributed by atoms with van der Waals surface area (Å²) in [4.78, 5) is 13.8. The summed E-state index contributed by atoms with van der Waals surface area (Å²) >= 11 is 0. The highest BCUT2D eigenvalue weighted by atomic mass is 19.1. The Morgan fingerprint density at radius 3 is 2.76 bits per heavy atom. The standard InChI is InChI=1S/C17H24F2N4O2/c18-13-11-16(23-6-8-25-9-7-23)14(19)10-15(13)22-17(24)21-12-2-1-4-20-5-3-12/h10-12,20H,1-9H2,(H2,21,22,24). The van der Waals surface area contributed by atoms with Crippen LogP contribution in [0.15, 0.2) is 12.1 Å². The molecule has 138 valence electrons. The molecule has 3 rings (SSSR count). The Bertz CT molecular complexity index is 601. The number of hydrogen-bond donors (Lipinski definition) is 3. The zero-order valence-corrected chi connectivity index (χ0v) is 14.1. The third-order valence-electron chi connectivity index (χ3n) is 4.55. The Morgan fingerprint density at radius 1 is 1.16 bits per heavy atom. The van der Waals surface area contributed by atoms with Crippen LogP contribution in [-0.4, -0.2) is 51.5 Å². The Kier molecular flexibility index (Phi) is 6.04. The second-order valence-electron chi connectivity index (χ2n) is 6.36. The van der Waals surface area contributed by atoms with E-state index in [1.165, 1.54) is 0 Å². The number of benzene rings is 1. The molecule has 2 amide bonds. The summed E-state index contributed by atoms with van der Waals surface area (Å²) in [5.41, 5.74) is 0.0420. The molecule has 2 aliphatic rings. The third kappa shape index (κ3) is 4.79. The molecule has 2 aliphatic heterocycles. The molecule has 2 heterocycles. The average Bonchev–Trinajstić information content (AvgIpc) is 2.87. The molecule has 1 atom stereocenters. The predicted octanol–water partition coefficient (Wildman–Crippen LogP) is 2.06. The minimum absolute atomic E-state index is 0.0375. The summed E-state index contributed by atoms with van der Waals surface area (Å²) in [7, 11) is 0. The molecular weight excluding hydrogens is 330 g/mol. The lowest BCUT2D eigenvalue weighted by molar-refractivity contribution is 0.122. The van der Waals surface area contributed by atoms with E-state index >= 15 is 0 Å². The lowest BCUT2D eigenvalue weighted by Gasteiger charge is -2.29. The topological polar surface area (TPSA) is 65.6 Å². The fraction of sp³-hybridized carbons (Fsp3) is 0.588. The number of ether oxygens (including phenoxy) is 1. The van der Waals surface area contributed by atoms with Gasteiger partial charge < -0.3 is 25.6 Å². The predicted molar refractivity (Wildman–Crippen MR) is 92.1 cm³/mol. The number of halogens is 2.